The molecular formula is C12H18NO4PS. The molecule has 1 N–H and O–H groups in total. The summed E-state index contributed by atoms with van der Waals surface area (Å²) in [4.78, 5) is 0. The first-order valence-electron chi connectivity index (χ1n) is 5.97. The van der Waals surface area contributed by atoms with Crippen molar-refractivity contribution < 1.29 is 18.3 Å². The van der Waals surface area contributed by atoms with Crippen LogP contribution in [0, 0.1) is 0 Å². The summed E-state index contributed by atoms with van der Waals surface area (Å²) in [6, 6.07) is 9.54. The molecule has 0 fully saturated rings. The molecule has 0 aliphatic heterocycles. The molecule has 1 aromatic carbocycles. The van der Waals surface area contributed by atoms with Crippen molar-refractivity contribution in [1.82, 2.24) is 5.09 Å². The summed E-state index contributed by atoms with van der Waals surface area (Å²) in [5.41, 5.74) is 0.967. The van der Waals surface area contributed by atoms with Gasteiger partial charge in [-0.1, -0.05) is 30.3 Å². The molecule has 7 heteroatoms. The maximum absolute atomic E-state index is 12.1. The van der Waals surface area contributed by atoms with Crippen molar-refractivity contribution in [2.75, 3.05) is 13.2 Å². The summed E-state index contributed by atoms with van der Waals surface area (Å²) in [6.45, 7) is 4.25. The van der Waals surface area contributed by atoms with Gasteiger partial charge in [0.2, 0.25) is 0 Å². The SMILES string of the molecule is CCOP(=O)(NC(=S)OCc1ccccc1)OCC. The number of nitrogens with one attached hydrogen (secondary N) is 1. The van der Waals surface area contributed by atoms with E-state index in [9.17, 15) is 4.57 Å². The molecule has 1 rings (SSSR count). The van der Waals surface area contributed by atoms with E-state index in [1.165, 1.54) is 0 Å². The van der Waals surface area contributed by atoms with Gasteiger partial charge in [0, 0.05) is 0 Å². The Bertz CT molecular complexity index is 431. The molecule has 0 aliphatic rings. The zero-order valence-electron chi connectivity index (χ0n) is 11.0. The van der Waals surface area contributed by atoms with Gasteiger partial charge in [-0.3, -0.25) is 14.1 Å². The van der Waals surface area contributed by atoms with Crippen LogP contribution in [0.4, 0.5) is 0 Å². The van der Waals surface area contributed by atoms with Crippen LogP contribution in [0.5, 0.6) is 0 Å². The van der Waals surface area contributed by atoms with E-state index < -0.39 is 7.75 Å². The average Bonchev–Trinajstić information content (AvgIpc) is 2.38. The Morgan fingerprint density at radius 2 is 1.79 bits per heavy atom. The number of hydrogen-bond acceptors (Lipinski definition) is 5. The van der Waals surface area contributed by atoms with Gasteiger partial charge in [0.25, 0.3) is 5.17 Å². The molecule has 0 aromatic heterocycles. The van der Waals surface area contributed by atoms with Gasteiger partial charge in [-0.05, 0) is 31.6 Å². The Morgan fingerprint density at radius 3 is 2.32 bits per heavy atom. The summed E-state index contributed by atoms with van der Waals surface area (Å²) in [6.07, 6.45) is 0. The third-order valence-electron chi connectivity index (χ3n) is 2.04. The fourth-order valence-electron chi connectivity index (χ4n) is 1.31. The third kappa shape index (κ3) is 6.16. The molecule has 1 aromatic rings. The zero-order chi connectivity index (χ0) is 14.1. The first-order chi connectivity index (χ1) is 9.09. The van der Waals surface area contributed by atoms with Crippen LogP contribution in [0.2, 0.25) is 0 Å². The van der Waals surface area contributed by atoms with Crippen LogP contribution >= 0.6 is 20.0 Å². The fraction of sp³-hybridized carbons (Fsp3) is 0.417. The van der Waals surface area contributed by atoms with Gasteiger partial charge in [-0.25, -0.2) is 4.57 Å². The smallest absolute Gasteiger partial charge is 0.435 e. The van der Waals surface area contributed by atoms with E-state index in [1.807, 2.05) is 30.3 Å². The van der Waals surface area contributed by atoms with E-state index >= 15 is 0 Å². The van der Waals surface area contributed by atoms with E-state index in [1.54, 1.807) is 13.8 Å². The van der Waals surface area contributed by atoms with Crippen LogP contribution in [0.25, 0.3) is 0 Å². The molecule has 0 amide bonds. The Hall–Kier alpha value is -0.940. The molecule has 0 spiro atoms. The normalized spacial score (nSPS) is 11.1. The average molecular weight is 303 g/mol. The van der Waals surface area contributed by atoms with Gasteiger partial charge < -0.3 is 4.74 Å². The molecule has 0 radical (unpaired) electrons. The molecule has 0 saturated carbocycles. The number of rotatable bonds is 7. The van der Waals surface area contributed by atoms with Crippen molar-refractivity contribution in [3.63, 3.8) is 0 Å². The molecular weight excluding hydrogens is 285 g/mol. The lowest BCUT2D eigenvalue weighted by Gasteiger charge is -2.18. The number of ether oxygens (including phenoxy) is 1. The lowest BCUT2D eigenvalue weighted by Crippen LogP contribution is -2.23. The predicted molar refractivity (Wildman–Crippen MR) is 77.8 cm³/mol. The summed E-state index contributed by atoms with van der Waals surface area (Å²) in [7, 11) is -3.41. The standard InChI is InChI=1S/C12H18NO4PS/c1-3-16-18(14,17-4-2)13-12(19)15-10-11-8-6-5-7-9-11/h5-9H,3-4,10H2,1-2H3,(H,13,14,19). The highest BCUT2D eigenvalue weighted by Gasteiger charge is 2.25. The predicted octanol–water partition coefficient (Wildman–Crippen LogP) is 3.26. The molecule has 0 bridgehead atoms. The van der Waals surface area contributed by atoms with Gasteiger partial charge in [0.15, 0.2) is 0 Å². The van der Waals surface area contributed by atoms with Crippen molar-refractivity contribution in [1.29, 1.82) is 0 Å². The molecule has 0 saturated heterocycles. The minimum Gasteiger partial charge on any atom is -0.466 e. The number of benzene rings is 1. The zero-order valence-corrected chi connectivity index (χ0v) is 12.7. The van der Waals surface area contributed by atoms with Crippen LogP contribution in [-0.2, 0) is 25.0 Å². The summed E-state index contributed by atoms with van der Waals surface area (Å²) >= 11 is 4.96. The van der Waals surface area contributed by atoms with Crippen molar-refractivity contribution in [3.8, 4) is 0 Å². The van der Waals surface area contributed by atoms with Crippen molar-refractivity contribution in [2.24, 2.45) is 0 Å². The molecule has 5 nitrogen and oxygen atoms in total. The minimum atomic E-state index is -3.41. The minimum absolute atomic E-state index is 0.00548. The molecule has 106 valence electrons. The van der Waals surface area contributed by atoms with E-state index in [0.29, 0.717) is 6.61 Å². The fourth-order valence-corrected chi connectivity index (χ4v) is 2.87. The summed E-state index contributed by atoms with van der Waals surface area (Å²) in [5, 5.41) is 2.48. The van der Waals surface area contributed by atoms with Gasteiger partial charge in [-0.2, -0.15) is 0 Å². The Kier molecular flexibility index (Phi) is 7.02. The van der Waals surface area contributed by atoms with Gasteiger partial charge >= 0.3 is 7.75 Å². The molecule has 0 unspecified atom stereocenters. The van der Waals surface area contributed by atoms with Crippen molar-refractivity contribution in [2.45, 2.75) is 20.5 Å². The highest BCUT2D eigenvalue weighted by Crippen LogP contribution is 2.43. The topological polar surface area (TPSA) is 56.8 Å². The number of thiocarbonyl (C=S) groups is 1. The highest BCUT2D eigenvalue weighted by atomic mass is 32.1. The molecule has 0 atom stereocenters. The third-order valence-corrected chi connectivity index (χ3v) is 4.08. The maximum atomic E-state index is 12.1. The second kappa shape index (κ2) is 8.27. The Morgan fingerprint density at radius 1 is 1.21 bits per heavy atom. The summed E-state index contributed by atoms with van der Waals surface area (Å²) < 4.78 is 27.5. The van der Waals surface area contributed by atoms with Crippen molar-refractivity contribution >= 4 is 25.1 Å². The molecule has 19 heavy (non-hydrogen) atoms. The largest absolute Gasteiger partial charge is 0.466 e. The van der Waals surface area contributed by atoms with Crippen LogP contribution in [0.3, 0.4) is 0 Å². The highest BCUT2D eigenvalue weighted by molar-refractivity contribution is 7.80. The van der Waals surface area contributed by atoms with Crippen LogP contribution < -0.4 is 5.09 Å². The number of hydrogen-bond donors (Lipinski definition) is 1. The second-order valence-electron chi connectivity index (χ2n) is 3.51. The van der Waals surface area contributed by atoms with Crippen LogP contribution in [0.1, 0.15) is 19.4 Å². The second-order valence-corrected chi connectivity index (χ2v) is 5.61. The van der Waals surface area contributed by atoms with Gasteiger partial charge in [0.1, 0.15) is 6.61 Å². The molecule has 0 aliphatic carbocycles. The van der Waals surface area contributed by atoms with Gasteiger partial charge in [-0.15, -0.1) is 0 Å². The monoisotopic (exact) mass is 303 g/mol. The Labute approximate surface area is 118 Å². The van der Waals surface area contributed by atoms with E-state index in [2.05, 4.69) is 5.09 Å². The maximum Gasteiger partial charge on any atom is 0.435 e. The first-order valence-corrected chi connectivity index (χ1v) is 7.92. The van der Waals surface area contributed by atoms with Crippen molar-refractivity contribution in [3.05, 3.63) is 35.9 Å². The van der Waals surface area contributed by atoms with E-state index in [-0.39, 0.29) is 18.4 Å². The van der Waals surface area contributed by atoms with Crippen LogP contribution in [-0.4, -0.2) is 18.4 Å². The summed E-state index contributed by atoms with van der Waals surface area (Å²) in [5.74, 6) is 0. The quantitative estimate of drug-likeness (QED) is 0.616. The molecule has 0 heterocycles. The first kappa shape index (κ1) is 16.1. The van der Waals surface area contributed by atoms with E-state index in [0.717, 1.165) is 5.56 Å². The Balaban J connectivity index is 2.47. The lowest BCUT2D eigenvalue weighted by molar-refractivity contribution is 0.210. The van der Waals surface area contributed by atoms with E-state index in [4.69, 9.17) is 26.0 Å². The lowest BCUT2D eigenvalue weighted by atomic mass is 10.2. The van der Waals surface area contributed by atoms with Gasteiger partial charge in [0.05, 0.1) is 13.2 Å². The van der Waals surface area contributed by atoms with Crippen LogP contribution in [0.15, 0.2) is 30.3 Å².